The predicted molar refractivity (Wildman–Crippen MR) is 96.3 cm³/mol. The zero-order chi connectivity index (χ0) is 16.4. The minimum atomic E-state index is -1.09. The molecule has 0 radical (unpaired) electrons. The van der Waals surface area contributed by atoms with Crippen LogP contribution in [0.15, 0.2) is 18.2 Å². The Bertz CT molecular complexity index is 590. The smallest absolute Gasteiger partial charge is 0.338 e. The van der Waals surface area contributed by atoms with E-state index in [-0.39, 0.29) is 12.1 Å². The van der Waals surface area contributed by atoms with E-state index in [0.717, 1.165) is 28.4 Å². The van der Waals surface area contributed by atoms with Crippen LogP contribution in [0.3, 0.4) is 0 Å². The molecule has 23 heavy (non-hydrogen) atoms. The maximum atomic E-state index is 13.4. The molecule has 1 aromatic carbocycles. The first-order chi connectivity index (χ1) is 11.0. The van der Waals surface area contributed by atoms with Crippen molar-refractivity contribution in [2.75, 3.05) is 6.61 Å². The van der Waals surface area contributed by atoms with Crippen LogP contribution in [-0.2, 0) is 10.3 Å². The SMILES string of the molecule is CCC(F)COC(=O)c1cc(I)ccc1C12CCCC(CC1)N2. The summed E-state index contributed by atoms with van der Waals surface area (Å²) in [5, 5.41) is 3.73. The van der Waals surface area contributed by atoms with Crippen LogP contribution in [0.5, 0.6) is 0 Å². The lowest BCUT2D eigenvalue weighted by molar-refractivity contribution is 0.0392. The molecule has 2 saturated heterocycles. The summed E-state index contributed by atoms with van der Waals surface area (Å²) in [7, 11) is 0. The van der Waals surface area contributed by atoms with Gasteiger partial charge < -0.3 is 10.1 Å². The van der Waals surface area contributed by atoms with Crippen LogP contribution >= 0.6 is 22.6 Å². The van der Waals surface area contributed by atoms with Crippen molar-refractivity contribution in [2.24, 2.45) is 0 Å². The monoisotopic (exact) mass is 431 g/mol. The largest absolute Gasteiger partial charge is 0.459 e. The molecule has 126 valence electrons. The van der Waals surface area contributed by atoms with E-state index in [1.54, 1.807) is 6.92 Å². The van der Waals surface area contributed by atoms with E-state index in [1.165, 1.54) is 12.8 Å². The van der Waals surface area contributed by atoms with Gasteiger partial charge in [-0.1, -0.05) is 13.0 Å². The van der Waals surface area contributed by atoms with Crippen LogP contribution in [0.2, 0.25) is 0 Å². The van der Waals surface area contributed by atoms with Gasteiger partial charge in [0.05, 0.1) is 5.56 Å². The Morgan fingerprint density at radius 1 is 1.48 bits per heavy atom. The lowest BCUT2D eigenvalue weighted by Crippen LogP contribution is -2.45. The van der Waals surface area contributed by atoms with Crippen molar-refractivity contribution in [3.8, 4) is 0 Å². The van der Waals surface area contributed by atoms with Crippen LogP contribution in [0, 0.1) is 3.57 Å². The molecule has 1 aromatic rings. The number of esters is 1. The number of ether oxygens (including phenoxy) is 1. The molecule has 0 aliphatic carbocycles. The van der Waals surface area contributed by atoms with E-state index in [9.17, 15) is 9.18 Å². The van der Waals surface area contributed by atoms with Crippen molar-refractivity contribution in [3.63, 3.8) is 0 Å². The van der Waals surface area contributed by atoms with Crippen molar-refractivity contribution in [3.05, 3.63) is 32.9 Å². The molecule has 0 saturated carbocycles. The van der Waals surface area contributed by atoms with E-state index < -0.39 is 12.1 Å². The highest BCUT2D eigenvalue weighted by molar-refractivity contribution is 14.1. The van der Waals surface area contributed by atoms with Gasteiger partial charge in [0, 0.05) is 15.2 Å². The Morgan fingerprint density at radius 2 is 2.30 bits per heavy atom. The molecule has 3 nitrogen and oxygen atoms in total. The maximum Gasteiger partial charge on any atom is 0.338 e. The highest BCUT2D eigenvalue weighted by atomic mass is 127. The number of rotatable bonds is 5. The number of carbonyl (C=O) groups is 1. The fourth-order valence-electron chi connectivity index (χ4n) is 3.83. The quantitative estimate of drug-likeness (QED) is 0.558. The van der Waals surface area contributed by atoms with E-state index >= 15 is 0 Å². The summed E-state index contributed by atoms with van der Waals surface area (Å²) in [6, 6.07) is 6.51. The molecule has 2 heterocycles. The molecule has 5 heteroatoms. The molecule has 0 amide bonds. The number of carbonyl (C=O) groups excluding carboxylic acids is 1. The molecule has 1 N–H and O–H groups in total. The number of hydrogen-bond donors (Lipinski definition) is 1. The number of benzene rings is 1. The van der Waals surface area contributed by atoms with Crippen molar-refractivity contribution in [2.45, 2.75) is 63.2 Å². The Morgan fingerprint density at radius 3 is 3.09 bits per heavy atom. The minimum Gasteiger partial charge on any atom is -0.459 e. The van der Waals surface area contributed by atoms with Gasteiger partial charge in [-0.2, -0.15) is 0 Å². The lowest BCUT2D eigenvalue weighted by atomic mass is 9.81. The van der Waals surface area contributed by atoms with Gasteiger partial charge in [-0.25, -0.2) is 9.18 Å². The normalized spacial score (nSPS) is 27.7. The van der Waals surface area contributed by atoms with Crippen LogP contribution in [0.4, 0.5) is 4.39 Å². The maximum absolute atomic E-state index is 13.4. The van der Waals surface area contributed by atoms with Gasteiger partial charge in [-0.3, -0.25) is 0 Å². The third kappa shape index (κ3) is 3.55. The summed E-state index contributed by atoms with van der Waals surface area (Å²) >= 11 is 2.20. The molecule has 3 unspecified atom stereocenters. The van der Waals surface area contributed by atoms with Gasteiger partial charge >= 0.3 is 5.97 Å². The summed E-state index contributed by atoms with van der Waals surface area (Å²) in [4.78, 5) is 12.5. The highest BCUT2D eigenvalue weighted by Gasteiger charge is 2.44. The Kier molecular flexibility index (Phi) is 5.26. The van der Waals surface area contributed by atoms with E-state index in [4.69, 9.17) is 4.74 Å². The number of halogens is 2. The Hall–Kier alpha value is -0.690. The first kappa shape index (κ1) is 17.1. The van der Waals surface area contributed by atoms with Gasteiger partial charge in [0.2, 0.25) is 0 Å². The predicted octanol–water partition coefficient (Wildman–Crippen LogP) is 4.33. The number of hydrogen-bond acceptors (Lipinski definition) is 3. The topological polar surface area (TPSA) is 38.3 Å². The first-order valence-corrected chi connectivity index (χ1v) is 9.51. The molecule has 3 rings (SSSR count). The third-order valence-electron chi connectivity index (χ3n) is 5.11. The van der Waals surface area contributed by atoms with Crippen molar-refractivity contribution < 1.29 is 13.9 Å². The van der Waals surface area contributed by atoms with Crippen LogP contribution < -0.4 is 5.32 Å². The summed E-state index contributed by atoms with van der Waals surface area (Å²) in [5.74, 6) is -0.403. The Labute approximate surface area is 150 Å². The fraction of sp³-hybridized carbons (Fsp3) is 0.611. The molecule has 0 spiro atoms. The van der Waals surface area contributed by atoms with Gasteiger partial charge in [-0.05, 0) is 78.8 Å². The lowest BCUT2D eigenvalue weighted by Gasteiger charge is -2.36. The minimum absolute atomic E-state index is 0.110. The number of nitrogens with one attached hydrogen (secondary N) is 1. The third-order valence-corrected chi connectivity index (χ3v) is 5.78. The molecule has 2 bridgehead atoms. The summed E-state index contributed by atoms with van der Waals surface area (Å²) in [5.41, 5.74) is 1.51. The van der Waals surface area contributed by atoms with Gasteiger partial charge in [-0.15, -0.1) is 0 Å². The standard InChI is InChI=1S/C18H23FINO2/c1-2-12(19)11-23-17(22)15-10-13(20)5-6-16(15)18-8-3-4-14(21-18)7-9-18/h5-6,10,12,14,21H,2-4,7-9,11H2,1H3. The summed E-state index contributed by atoms with van der Waals surface area (Å²) < 4.78 is 19.6. The molecule has 2 aliphatic heterocycles. The van der Waals surface area contributed by atoms with Crippen LogP contribution in [0.1, 0.15) is 61.4 Å². The average molecular weight is 431 g/mol. The van der Waals surface area contributed by atoms with Gasteiger partial charge in [0.15, 0.2) is 0 Å². The average Bonchev–Trinajstić information content (AvgIpc) is 2.87. The number of piperidine rings is 1. The molecular formula is C18H23FINO2. The second-order valence-corrected chi connectivity index (χ2v) is 7.89. The van der Waals surface area contributed by atoms with Crippen molar-refractivity contribution >= 4 is 28.6 Å². The summed E-state index contributed by atoms with van der Waals surface area (Å²) in [6.07, 6.45) is 4.92. The molecule has 3 atom stereocenters. The first-order valence-electron chi connectivity index (χ1n) is 8.43. The van der Waals surface area contributed by atoms with Crippen molar-refractivity contribution in [1.29, 1.82) is 0 Å². The molecule has 0 aromatic heterocycles. The van der Waals surface area contributed by atoms with E-state index in [1.807, 2.05) is 18.2 Å². The fourth-order valence-corrected chi connectivity index (χ4v) is 4.32. The van der Waals surface area contributed by atoms with Crippen LogP contribution in [0.25, 0.3) is 0 Å². The molecular weight excluding hydrogens is 408 g/mol. The van der Waals surface area contributed by atoms with E-state index in [2.05, 4.69) is 27.9 Å². The second kappa shape index (κ2) is 7.05. The van der Waals surface area contributed by atoms with Crippen LogP contribution in [-0.4, -0.2) is 24.8 Å². The Balaban J connectivity index is 1.88. The molecule has 2 fully saturated rings. The number of fused-ring (bicyclic) bond motifs is 2. The number of alkyl halides is 1. The zero-order valence-corrected chi connectivity index (χ0v) is 15.6. The van der Waals surface area contributed by atoms with Crippen molar-refractivity contribution in [1.82, 2.24) is 5.32 Å². The van der Waals surface area contributed by atoms with E-state index in [0.29, 0.717) is 18.0 Å². The highest BCUT2D eigenvalue weighted by Crippen LogP contribution is 2.44. The zero-order valence-electron chi connectivity index (χ0n) is 13.4. The second-order valence-electron chi connectivity index (χ2n) is 6.65. The van der Waals surface area contributed by atoms with Gasteiger partial charge in [0.25, 0.3) is 0 Å². The molecule has 2 aliphatic rings. The summed E-state index contributed by atoms with van der Waals surface area (Å²) in [6.45, 7) is 1.59. The van der Waals surface area contributed by atoms with Gasteiger partial charge in [0.1, 0.15) is 12.8 Å².